The molecule has 0 spiro atoms. The van der Waals surface area contributed by atoms with Crippen LogP contribution in [0.4, 0.5) is 0 Å². The maximum Gasteiger partial charge on any atom is 0.0645 e. The van der Waals surface area contributed by atoms with E-state index in [2.05, 4.69) is 15.1 Å². The molecular weight excluding hydrogens is 214 g/mol. The van der Waals surface area contributed by atoms with Gasteiger partial charge in [0, 0.05) is 23.9 Å². The van der Waals surface area contributed by atoms with Crippen LogP contribution in [0.1, 0.15) is 5.56 Å². The summed E-state index contributed by atoms with van der Waals surface area (Å²) in [6.45, 7) is 0.372. The van der Waals surface area contributed by atoms with Crippen molar-refractivity contribution >= 4 is 6.08 Å². The monoisotopic (exact) mass is 225 g/mol. The average Bonchev–Trinajstić information content (AvgIpc) is 2.89. The number of hydrogen-bond donors (Lipinski definition) is 0. The lowest BCUT2D eigenvalue weighted by atomic mass is 10.2. The summed E-state index contributed by atoms with van der Waals surface area (Å²) in [5.74, 6) is 0. The highest BCUT2D eigenvalue weighted by molar-refractivity contribution is 5.51. The SMILES string of the molecule is [N-]=[N+]=NCC=Cc1ccc(-n2cccn2)cc1. The van der Waals surface area contributed by atoms with E-state index in [0.717, 1.165) is 11.3 Å². The first kappa shape index (κ1) is 11.0. The number of aromatic nitrogens is 2. The molecule has 0 aliphatic heterocycles. The minimum Gasteiger partial charge on any atom is -0.241 e. The molecular formula is C12H11N5. The van der Waals surface area contributed by atoms with Gasteiger partial charge in [-0.25, -0.2) is 4.68 Å². The lowest BCUT2D eigenvalue weighted by Crippen LogP contribution is -1.93. The predicted octanol–water partition coefficient (Wildman–Crippen LogP) is 3.20. The zero-order chi connectivity index (χ0) is 11.9. The minimum atomic E-state index is 0.372. The van der Waals surface area contributed by atoms with Gasteiger partial charge < -0.3 is 0 Å². The van der Waals surface area contributed by atoms with Crippen LogP contribution in [0.15, 0.2) is 53.9 Å². The molecule has 1 aromatic carbocycles. The normalized spacial score (nSPS) is 10.4. The maximum absolute atomic E-state index is 8.12. The second-order valence-corrected chi connectivity index (χ2v) is 3.36. The van der Waals surface area contributed by atoms with Gasteiger partial charge in [-0.2, -0.15) is 5.10 Å². The van der Waals surface area contributed by atoms with Crippen molar-refractivity contribution in [3.05, 3.63) is 64.8 Å². The fourth-order valence-electron chi connectivity index (χ4n) is 1.43. The van der Waals surface area contributed by atoms with Gasteiger partial charge in [0.2, 0.25) is 0 Å². The van der Waals surface area contributed by atoms with Gasteiger partial charge >= 0.3 is 0 Å². The Labute approximate surface area is 98.6 Å². The Morgan fingerprint density at radius 1 is 1.35 bits per heavy atom. The van der Waals surface area contributed by atoms with Crippen LogP contribution in [0.2, 0.25) is 0 Å². The van der Waals surface area contributed by atoms with Crippen LogP contribution >= 0.6 is 0 Å². The molecule has 0 amide bonds. The fraction of sp³-hybridized carbons (Fsp3) is 0.0833. The van der Waals surface area contributed by atoms with E-state index < -0.39 is 0 Å². The Balaban J connectivity index is 2.08. The van der Waals surface area contributed by atoms with Gasteiger partial charge in [-0.3, -0.25) is 0 Å². The summed E-state index contributed by atoms with van der Waals surface area (Å²) in [5.41, 5.74) is 10.2. The first-order valence-corrected chi connectivity index (χ1v) is 5.17. The Morgan fingerprint density at radius 3 is 2.82 bits per heavy atom. The van der Waals surface area contributed by atoms with Crippen molar-refractivity contribution in [2.75, 3.05) is 6.54 Å². The molecule has 2 rings (SSSR count). The highest BCUT2D eigenvalue weighted by atomic mass is 15.3. The molecule has 0 bridgehead atoms. The first-order valence-electron chi connectivity index (χ1n) is 5.17. The standard InChI is InChI=1S/C12H11N5/c13-16-14-8-1-3-11-4-6-12(7-5-11)17-10-2-9-15-17/h1-7,9-10H,8H2. The number of nitrogens with zero attached hydrogens (tertiary/aromatic N) is 5. The molecule has 0 N–H and O–H groups in total. The predicted molar refractivity (Wildman–Crippen MR) is 66.6 cm³/mol. The van der Waals surface area contributed by atoms with Crippen LogP contribution in [-0.4, -0.2) is 16.3 Å². The third-order valence-corrected chi connectivity index (χ3v) is 2.22. The van der Waals surface area contributed by atoms with Crippen molar-refractivity contribution in [3.63, 3.8) is 0 Å². The number of hydrogen-bond acceptors (Lipinski definition) is 2. The van der Waals surface area contributed by atoms with Gasteiger partial charge in [-0.05, 0) is 29.3 Å². The fourth-order valence-corrected chi connectivity index (χ4v) is 1.43. The minimum absolute atomic E-state index is 0.372. The molecule has 0 saturated heterocycles. The summed E-state index contributed by atoms with van der Waals surface area (Å²) < 4.78 is 1.80. The van der Waals surface area contributed by atoms with Crippen LogP contribution < -0.4 is 0 Å². The zero-order valence-electron chi connectivity index (χ0n) is 9.14. The third kappa shape index (κ3) is 2.96. The molecule has 5 nitrogen and oxygen atoms in total. The van der Waals surface area contributed by atoms with Crippen LogP contribution in [0.5, 0.6) is 0 Å². The summed E-state index contributed by atoms with van der Waals surface area (Å²) in [6.07, 6.45) is 7.38. The zero-order valence-corrected chi connectivity index (χ0v) is 9.14. The molecule has 0 atom stereocenters. The van der Waals surface area contributed by atoms with Gasteiger partial charge in [0.15, 0.2) is 0 Å². The Hall–Kier alpha value is -2.52. The van der Waals surface area contributed by atoms with Crippen LogP contribution in [0.25, 0.3) is 22.2 Å². The van der Waals surface area contributed by atoms with Crippen LogP contribution in [0, 0.1) is 0 Å². The van der Waals surface area contributed by atoms with Crippen molar-refractivity contribution in [1.82, 2.24) is 9.78 Å². The van der Waals surface area contributed by atoms with E-state index in [9.17, 15) is 0 Å². The molecule has 0 unspecified atom stereocenters. The lowest BCUT2D eigenvalue weighted by molar-refractivity contribution is 0.880. The van der Waals surface area contributed by atoms with Gasteiger partial charge in [0.1, 0.15) is 0 Å². The third-order valence-electron chi connectivity index (χ3n) is 2.22. The van der Waals surface area contributed by atoms with E-state index in [1.165, 1.54) is 0 Å². The largest absolute Gasteiger partial charge is 0.241 e. The van der Waals surface area contributed by atoms with E-state index >= 15 is 0 Å². The van der Waals surface area contributed by atoms with Crippen molar-refractivity contribution in [3.8, 4) is 5.69 Å². The average molecular weight is 225 g/mol. The molecule has 5 heteroatoms. The van der Waals surface area contributed by atoms with E-state index in [0.29, 0.717) is 6.54 Å². The van der Waals surface area contributed by atoms with Gasteiger partial charge in [0.05, 0.1) is 5.69 Å². The second kappa shape index (κ2) is 5.53. The Kier molecular flexibility index (Phi) is 3.57. The molecule has 1 aromatic heterocycles. The topological polar surface area (TPSA) is 66.6 Å². The summed E-state index contributed by atoms with van der Waals surface area (Å²) in [6, 6.07) is 9.83. The van der Waals surface area contributed by atoms with Gasteiger partial charge in [-0.1, -0.05) is 29.4 Å². The number of benzene rings is 1. The van der Waals surface area contributed by atoms with E-state index in [1.807, 2.05) is 48.7 Å². The van der Waals surface area contributed by atoms with E-state index in [4.69, 9.17) is 5.53 Å². The maximum atomic E-state index is 8.12. The van der Waals surface area contributed by atoms with Crippen LogP contribution in [-0.2, 0) is 0 Å². The smallest absolute Gasteiger partial charge is 0.0645 e. The number of rotatable bonds is 4. The van der Waals surface area contributed by atoms with Crippen molar-refractivity contribution in [1.29, 1.82) is 0 Å². The van der Waals surface area contributed by atoms with Gasteiger partial charge in [0.25, 0.3) is 0 Å². The van der Waals surface area contributed by atoms with Gasteiger partial charge in [-0.15, -0.1) is 0 Å². The molecule has 2 aromatic rings. The second-order valence-electron chi connectivity index (χ2n) is 3.36. The number of azide groups is 1. The van der Waals surface area contributed by atoms with E-state index in [1.54, 1.807) is 10.9 Å². The summed E-state index contributed by atoms with van der Waals surface area (Å²) in [7, 11) is 0. The molecule has 0 aliphatic carbocycles. The molecule has 0 radical (unpaired) electrons. The Morgan fingerprint density at radius 2 is 2.18 bits per heavy atom. The summed E-state index contributed by atoms with van der Waals surface area (Å²) >= 11 is 0. The molecule has 0 saturated carbocycles. The first-order chi connectivity index (χ1) is 8.40. The highest BCUT2D eigenvalue weighted by Gasteiger charge is 1.94. The molecule has 17 heavy (non-hydrogen) atoms. The molecule has 0 fully saturated rings. The van der Waals surface area contributed by atoms with Crippen molar-refractivity contribution in [2.24, 2.45) is 5.11 Å². The van der Waals surface area contributed by atoms with Crippen molar-refractivity contribution < 1.29 is 0 Å². The molecule has 84 valence electrons. The van der Waals surface area contributed by atoms with E-state index in [-0.39, 0.29) is 0 Å². The summed E-state index contributed by atoms with van der Waals surface area (Å²) in [5, 5.41) is 7.57. The lowest BCUT2D eigenvalue weighted by Gasteiger charge is -2.01. The molecule has 0 aliphatic rings. The Bertz CT molecular complexity index is 533. The summed E-state index contributed by atoms with van der Waals surface area (Å²) in [4.78, 5) is 2.68. The van der Waals surface area contributed by atoms with Crippen molar-refractivity contribution in [2.45, 2.75) is 0 Å². The highest BCUT2D eigenvalue weighted by Crippen LogP contribution is 2.09. The quantitative estimate of drug-likeness (QED) is 0.447. The molecule has 1 heterocycles. The van der Waals surface area contributed by atoms with Crippen LogP contribution in [0.3, 0.4) is 0 Å².